The van der Waals surface area contributed by atoms with E-state index in [1.54, 1.807) is 0 Å². The minimum absolute atomic E-state index is 0.860. The molecule has 0 saturated carbocycles. The highest BCUT2D eigenvalue weighted by Crippen LogP contribution is 2.17. The van der Waals surface area contributed by atoms with Crippen molar-refractivity contribution < 1.29 is 4.74 Å². The number of benzene rings is 1. The smallest absolute Gasteiger partial charge is 0.119 e. The van der Waals surface area contributed by atoms with Crippen LogP contribution in [0.25, 0.3) is 0 Å². The van der Waals surface area contributed by atoms with Crippen LogP contribution in [-0.4, -0.2) is 6.61 Å². The molecule has 0 saturated heterocycles. The van der Waals surface area contributed by atoms with Gasteiger partial charge in [-0.3, -0.25) is 0 Å². The summed E-state index contributed by atoms with van der Waals surface area (Å²) in [7, 11) is 0. The topological polar surface area (TPSA) is 9.23 Å². The number of rotatable bonds is 11. The average Bonchev–Trinajstić information content (AvgIpc) is 2.40. The molecule has 0 aliphatic carbocycles. The van der Waals surface area contributed by atoms with Crippen LogP contribution >= 0.6 is 0 Å². The van der Waals surface area contributed by atoms with Crippen LogP contribution in [0.15, 0.2) is 18.2 Å². The van der Waals surface area contributed by atoms with Crippen molar-refractivity contribution in [3.8, 4) is 5.75 Å². The zero-order valence-electron chi connectivity index (χ0n) is 13.7. The summed E-state index contributed by atoms with van der Waals surface area (Å²) >= 11 is 0. The number of unbranched alkanes of at least 4 members (excludes halogenated alkanes) is 8. The van der Waals surface area contributed by atoms with Gasteiger partial charge in [0.2, 0.25) is 0 Å². The summed E-state index contributed by atoms with van der Waals surface area (Å²) < 4.78 is 5.83. The Bertz CT molecular complexity index is 337. The second-order valence-corrected chi connectivity index (χ2v) is 6.00. The average molecular weight is 276 g/mol. The van der Waals surface area contributed by atoms with Gasteiger partial charge >= 0.3 is 0 Å². The number of hydrogen-bond donors (Lipinski definition) is 0. The normalized spacial score (nSPS) is 10.8. The quantitative estimate of drug-likeness (QED) is 0.436. The molecule has 20 heavy (non-hydrogen) atoms. The van der Waals surface area contributed by atoms with Crippen LogP contribution in [-0.2, 0) is 0 Å². The molecule has 0 spiro atoms. The fourth-order valence-corrected chi connectivity index (χ4v) is 2.62. The highest BCUT2D eigenvalue weighted by molar-refractivity contribution is 5.32. The highest BCUT2D eigenvalue weighted by Gasteiger charge is 1.97. The minimum atomic E-state index is 0.860. The Morgan fingerprint density at radius 3 is 1.75 bits per heavy atom. The molecule has 0 N–H and O–H groups in total. The molecule has 0 aliphatic rings. The van der Waals surface area contributed by atoms with E-state index in [1.165, 1.54) is 68.9 Å². The second-order valence-electron chi connectivity index (χ2n) is 6.00. The Kier molecular flexibility index (Phi) is 9.19. The van der Waals surface area contributed by atoms with E-state index < -0.39 is 0 Å². The van der Waals surface area contributed by atoms with Crippen molar-refractivity contribution in [2.24, 2.45) is 0 Å². The maximum absolute atomic E-state index is 5.83. The molecule has 0 fully saturated rings. The van der Waals surface area contributed by atoms with Gasteiger partial charge in [0, 0.05) is 0 Å². The van der Waals surface area contributed by atoms with Gasteiger partial charge in [-0.25, -0.2) is 0 Å². The van der Waals surface area contributed by atoms with Crippen LogP contribution in [0.5, 0.6) is 5.75 Å². The van der Waals surface area contributed by atoms with Gasteiger partial charge in [0.05, 0.1) is 6.61 Å². The highest BCUT2D eigenvalue weighted by atomic mass is 16.5. The second kappa shape index (κ2) is 10.8. The molecule has 1 aromatic rings. The summed E-state index contributed by atoms with van der Waals surface area (Å²) in [6.45, 7) is 7.38. The van der Waals surface area contributed by atoms with Crippen LogP contribution in [0.3, 0.4) is 0 Å². The van der Waals surface area contributed by atoms with Gasteiger partial charge < -0.3 is 4.74 Å². The van der Waals surface area contributed by atoms with Crippen molar-refractivity contribution in [3.63, 3.8) is 0 Å². The Labute approximate surface area is 125 Å². The Morgan fingerprint density at radius 2 is 1.20 bits per heavy atom. The van der Waals surface area contributed by atoms with E-state index in [0.29, 0.717) is 0 Å². The molecule has 114 valence electrons. The molecule has 0 radical (unpaired) electrons. The van der Waals surface area contributed by atoms with Crippen molar-refractivity contribution in [1.82, 2.24) is 0 Å². The Hall–Kier alpha value is -0.980. The minimum Gasteiger partial charge on any atom is -0.494 e. The van der Waals surface area contributed by atoms with Crippen LogP contribution in [0.2, 0.25) is 0 Å². The summed E-state index contributed by atoms with van der Waals surface area (Å²) in [4.78, 5) is 0. The number of aryl methyl sites for hydroxylation is 2. The standard InChI is InChI=1S/C19H32O/c1-4-5-6-7-8-9-10-11-12-13-20-19-15-17(2)14-18(3)16-19/h14-16H,4-13H2,1-3H3. The molecule has 0 bridgehead atoms. The maximum Gasteiger partial charge on any atom is 0.119 e. The van der Waals surface area contributed by atoms with E-state index in [-0.39, 0.29) is 0 Å². The lowest BCUT2D eigenvalue weighted by Crippen LogP contribution is -1.98. The van der Waals surface area contributed by atoms with E-state index in [1.807, 2.05) is 0 Å². The lowest BCUT2D eigenvalue weighted by molar-refractivity contribution is 0.304. The lowest BCUT2D eigenvalue weighted by Gasteiger charge is -2.08. The first-order valence-electron chi connectivity index (χ1n) is 8.43. The lowest BCUT2D eigenvalue weighted by atomic mass is 10.1. The third-order valence-electron chi connectivity index (χ3n) is 3.71. The van der Waals surface area contributed by atoms with Crippen LogP contribution in [0, 0.1) is 13.8 Å². The van der Waals surface area contributed by atoms with E-state index in [0.717, 1.165) is 12.4 Å². The van der Waals surface area contributed by atoms with Crippen LogP contribution < -0.4 is 4.74 Å². The molecule has 1 aromatic carbocycles. The monoisotopic (exact) mass is 276 g/mol. The predicted molar refractivity (Wildman–Crippen MR) is 88.6 cm³/mol. The van der Waals surface area contributed by atoms with Gasteiger partial charge in [-0.2, -0.15) is 0 Å². The largest absolute Gasteiger partial charge is 0.494 e. The molecule has 0 unspecified atom stereocenters. The van der Waals surface area contributed by atoms with Crippen molar-refractivity contribution >= 4 is 0 Å². The molecule has 0 amide bonds. The zero-order chi connectivity index (χ0) is 14.6. The third-order valence-corrected chi connectivity index (χ3v) is 3.71. The van der Waals surface area contributed by atoms with Crippen LogP contribution in [0.4, 0.5) is 0 Å². The summed E-state index contributed by atoms with van der Waals surface area (Å²) in [5.74, 6) is 1.03. The number of ether oxygens (including phenoxy) is 1. The summed E-state index contributed by atoms with van der Waals surface area (Å²) in [5, 5.41) is 0. The maximum atomic E-state index is 5.83. The zero-order valence-corrected chi connectivity index (χ0v) is 13.7. The molecular formula is C19H32O. The molecule has 0 atom stereocenters. The van der Waals surface area contributed by atoms with Gasteiger partial charge in [0.15, 0.2) is 0 Å². The first-order valence-corrected chi connectivity index (χ1v) is 8.43. The van der Waals surface area contributed by atoms with E-state index in [4.69, 9.17) is 4.74 Å². The van der Waals surface area contributed by atoms with Gasteiger partial charge in [-0.1, -0.05) is 64.4 Å². The van der Waals surface area contributed by atoms with Crippen molar-refractivity contribution in [3.05, 3.63) is 29.3 Å². The van der Waals surface area contributed by atoms with Gasteiger partial charge in [-0.15, -0.1) is 0 Å². The first kappa shape index (κ1) is 17.1. The third kappa shape index (κ3) is 8.24. The molecule has 0 heterocycles. The van der Waals surface area contributed by atoms with Gasteiger partial charge in [0.1, 0.15) is 5.75 Å². The Balaban J connectivity index is 1.97. The van der Waals surface area contributed by atoms with Crippen LogP contribution in [0.1, 0.15) is 75.8 Å². The fraction of sp³-hybridized carbons (Fsp3) is 0.684. The number of hydrogen-bond acceptors (Lipinski definition) is 1. The molecular weight excluding hydrogens is 244 g/mol. The van der Waals surface area contributed by atoms with E-state index >= 15 is 0 Å². The van der Waals surface area contributed by atoms with Gasteiger partial charge in [0.25, 0.3) is 0 Å². The molecule has 1 nitrogen and oxygen atoms in total. The molecule has 1 rings (SSSR count). The first-order chi connectivity index (χ1) is 9.72. The van der Waals surface area contributed by atoms with Crippen molar-refractivity contribution in [2.75, 3.05) is 6.61 Å². The molecule has 1 heteroatoms. The van der Waals surface area contributed by atoms with E-state index in [2.05, 4.69) is 39.0 Å². The molecule has 0 aromatic heterocycles. The summed E-state index contributed by atoms with van der Waals surface area (Å²) in [6.07, 6.45) is 12.3. The van der Waals surface area contributed by atoms with Crippen molar-refractivity contribution in [2.45, 2.75) is 78.6 Å². The summed E-state index contributed by atoms with van der Waals surface area (Å²) in [5.41, 5.74) is 2.57. The van der Waals surface area contributed by atoms with Gasteiger partial charge in [-0.05, 0) is 43.5 Å². The summed E-state index contributed by atoms with van der Waals surface area (Å²) in [6, 6.07) is 6.44. The SMILES string of the molecule is CCCCCCCCCCCOc1cc(C)cc(C)c1. The fourth-order valence-electron chi connectivity index (χ4n) is 2.62. The van der Waals surface area contributed by atoms with E-state index in [9.17, 15) is 0 Å². The Morgan fingerprint density at radius 1 is 0.700 bits per heavy atom. The molecule has 0 aliphatic heterocycles. The predicted octanol–water partition coefficient (Wildman–Crippen LogP) is 6.21. The van der Waals surface area contributed by atoms with Crippen molar-refractivity contribution in [1.29, 1.82) is 0 Å².